The average Bonchev–Trinajstić information content (AvgIpc) is 3.37. The van der Waals surface area contributed by atoms with Gasteiger partial charge in [-0.25, -0.2) is 9.97 Å². The zero-order chi connectivity index (χ0) is 20.4. The largest absolute Gasteiger partial charge is 0.497 e. The molecule has 29 heavy (non-hydrogen) atoms. The first kappa shape index (κ1) is 18.9. The second kappa shape index (κ2) is 7.90. The molecule has 1 fully saturated rings. The van der Waals surface area contributed by atoms with Gasteiger partial charge in [-0.2, -0.15) is 5.10 Å². The van der Waals surface area contributed by atoms with Crippen LogP contribution in [0.2, 0.25) is 0 Å². The van der Waals surface area contributed by atoms with Crippen LogP contribution in [0, 0.1) is 0 Å². The lowest BCUT2D eigenvalue weighted by molar-refractivity contribution is -0.131. The number of hydrogen-bond acceptors (Lipinski definition) is 6. The Balaban J connectivity index is 1.61. The number of carbonyl (C=O) groups is 1. The number of aromatic nitrogens is 4. The topological polar surface area (TPSA) is 99.2 Å². The molecule has 0 saturated carbocycles. The summed E-state index contributed by atoms with van der Waals surface area (Å²) in [4.78, 5) is 23.7. The van der Waals surface area contributed by atoms with Gasteiger partial charge in [0.15, 0.2) is 0 Å². The fraction of sp³-hybridized carbons (Fsp3) is 0.333. The van der Waals surface area contributed by atoms with Gasteiger partial charge < -0.3 is 15.4 Å². The molecule has 8 heteroatoms. The number of ether oxygens (including phenoxy) is 1. The van der Waals surface area contributed by atoms with Gasteiger partial charge >= 0.3 is 0 Å². The third-order valence-corrected chi connectivity index (χ3v) is 5.26. The van der Waals surface area contributed by atoms with Gasteiger partial charge in [0, 0.05) is 37.1 Å². The molecule has 0 aliphatic carbocycles. The molecule has 1 aromatic carbocycles. The number of nitrogens with two attached hydrogens (primary N) is 1. The van der Waals surface area contributed by atoms with Crippen LogP contribution in [-0.2, 0) is 18.3 Å². The van der Waals surface area contributed by atoms with Gasteiger partial charge in [0.1, 0.15) is 5.75 Å². The predicted molar refractivity (Wildman–Crippen MR) is 109 cm³/mol. The maximum Gasteiger partial charge on any atom is 0.227 e. The Kier molecular flexibility index (Phi) is 5.16. The summed E-state index contributed by atoms with van der Waals surface area (Å²) in [6.45, 7) is 0.704. The molecule has 0 bridgehead atoms. The van der Waals surface area contributed by atoms with Crippen molar-refractivity contribution in [2.24, 2.45) is 7.05 Å². The van der Waals surface area contributed by atoms with Crippen LogP contribution in [0.25, 0.3) is 11.1 Å². The molecule has 1 atom stereocenters. The Morgan fingerprint density at radius 2 is 2.07 bits per heavy atom. The van der Waals surface area contributed by atoms with Gasteiger partial charge in [0.05, 0.1) is 31.5 Å². The van der Waals surface area contributed by atoms with Crippen molar-refractivity contribution in [3.05, 3.63) is 54.1 Å². The minimum atomic E-state index is -0.124. The molecule has 3 aromatic rings. The number of amides is 1. The van der Waals surface area contributed by atoms with E-state index < -0.39 is 0 Å². The number of nitrogen functional groups attached to an aromatic ring is 1. The van der Waals surface area contributed by atoms with Crippen LogP contribution in [0.1, 0.15) is 30.1 Å². The summed E-state index contributed by atoms with van der Waals surface area (Å²) in [5.41, 5.74) is 9.41. The van der Waals surface area contributed by atoms with E-state index >= 15 is 0 Å². The maximum atomic E-state index is 13.1. The minimum Gasteiger partial charge on any atom is -0.497 e. The highest BCUT2D eigenvalue weighted by Gasteiger charge is 2.33. The molecule has 8 nitrogen and oxygen atoms in total. The number of likely N-dealkylation sites (tertiary alicyclic amines) is 1. The molecule has 150 valence electrons. The van der Waals surface area contributed by atoms with Crippen molar-refractivity contribution in [3.63, 3.8) is 0 Å². The van der Waals surface area contributed by atoms with Gasteiger partial charge in [-0.3, -0.25) is 9.48 Å². The van der Waals surface area contributed by atoms with Crippen LogP contribution in [-0.4, -0.2) is 44.2 Å². The highest BCUT2D eigenvalue weighted by Crippen LogP contribution is 2.37. The molecule has 4 rings (SSSR count). The average molecular weight is 392 g/mol. The summed E-state index contributed by atoms with van der Waals surface area (Å²) in [6, 6.07) is 7.46. The van der Waals surface area contributed by atoms with Crippen LogP contribution < -0.4 is 10.5 Å². The van der Waals surface area contributed by atoms with Crippen LogP contribution >= 0.6 is 0 Å². The number of carbonyl (C=O) groups excluding carboxylic acids is 1. The van der Waals surface area contributed by atoms with Crippen molar-refractivity contribution < 1.29 is 9.53 Å². The first-order valence-electron chi connectivity index (χ1n) is 9.59. The molecule has 1 aliphatic rings. The van der Waals surface area contributed by atoms with Crippen molar-refractivity contribution in [2.45, 2.75) is 25.3 Å². The smallest absolute Gasteiger partial charge is 0.227 e. The van der Waals surface area contributed by atoms with Crippen molar-refractivity contribution in [2.75, 3.05) is 19.4 Å². The zero-order valence-corrected chi connectivity index (χ0v) is 16.6. The standard InChI is InChI=1S/C21H24N6O2/c1-26-13-15(11-24-26)17-12-23-21(22)25-20(17)18-4-3-9-27(18)19(28)10-14-5-7-16(29-2)8-6-14/h5-8,11-13,18H,3-4,9-10H2,1-2H3,(H2,22,23,25)/t18-/m1/s1. The van der Waals surface area contributed by atoms with Crippen molar-refractivity contribution >= 4 is 11.9 Å². The van der Waals surface area contributed by atoms with E-state index in [-0.39, 0.29) is 17.9 Å². The van der Waals surface area contributed by atoms with E-state index in [4.69, 9.17) is 10.5 Å². The summed E-state index contributed by atoms with van der Waals surface area (Å²) >= 11 is 0. The summed E-state index contributed by atoms with van der Waals surface area (Å²) in [5, 5.41) is 4.25. The highest BCUT2D eigenvalue weighted by atomic mass is 16.5. The normalized spacial score (nSPS) is 16.2. The third-order valence-electron chi connectivity index (χ3n) is 5.26. The van der Waals surface area contributed by atoms with E-state index in [2.05, 4.69) is 15.1 Å². The molecular weight excluding hydrogens is 368 g/mol. The second-order valence-electron chi connectivity index (χ2n) is 7.20. The summed E-state index contributed by atoms with van der Waals surface area (Å²) in [6.07, 6.45) is 7.52. The molecule has 1 amide bonds. The number of anilines is 1. The molecule has 2 N–H and O–H groups in total. The summed E-state index contributed by atoms with van der Waals surface area (Å²) < 4.78 is 6.92. The molecule has 0 radical (unpaired) electrons. The second-order valence-corrected chi connectivity index (χ2v) is 7.20. The number of aryl methyl sites for hydroxylation is 1. The molecule has 0 unspecified atom stereocenters. The highest BCUT2D eigenvalue weighted by molar-refractivity contribution is 5.80. The summed E-state index contributed by atoms with van der Waals surface area (Å²) in [5.74, 6) is 1.06. The Labute approximate surface area is 169 Å². The van der Waals surface area contributed by atoms with E-state index in [1.165, 1.54) is 0 Å². The molecular formula is C21H24N6O2. The van der Waals surface area contributed by atoms with E-state index in [0.29, 0.717) is 13.0 Å². The Hall–Kier alpha value is -3.42. The Bertz CT molecular complexity index is 1010. The van der Waals surface area contributed by atoms with Crippen LogP contribution in [0.15, 0.2) is 42.9 Å². The molecule has 3 heterocycles. The molecule has 0 spiro atoms. The Morgan fingerprint density at radius 3 is 2.76 bits per heavy atom. The van der Waals surface area contributed by atoms with Gasteiger partial charge in [0.2, 0.25) is 11.9 Å². The molecule has 2 aromatic heterocycles. The van der Waals surface area contributed by atoms with Crippen LogP contribution in [0.5, 0.6) is 5.75 Å². The number of hydrogen-bond donors (Lipinski definition) is 1. The first-order chi connectivity index (χ1) is 14.0. The van der Waals surface area contributed by atoms with Gasteiger partial charge in [-0.1, -0.05) is 12.1 Å². The SMILES string of the molecule is COc1ccc(CC(=O)N2CCC[C@@H]2c2nc(N)ncc2-c2cnn(C)c2)cc1. The van der Waals surface area contributed by atoms with Crippen LogP contribution in [0.4, 0.5) is 5.95 Å². The lowest BCUT2D eigenvalue weighted by Gasteiger charge is -2.26. The maximum absolute atomic E-state index is 13.1. The predicted octanol–water partition coefficient (Wildman–Crippen LogP) is 2.37. The van der Waals surface area contributed by atoms with Crippen molar-refractivity contribution in [1.29, 1.82) is 0 Å². The third kappa shape index (κ3) is 3.91. The van der Waals surface area contributed by atoms with E-state index in [9.17, 15) is 4.79 Å². The minimum absolute atomic E-state index is 0.0759. The number of nitrogens with zero attached hydrogens (tertiary/aromatic N) is 5. The van der Waals surface area contributed by atoms with Gasteiger partial charge in [-0.05, 0) is 30.5 Å². The fourth-order valence-electron chi connectivity index (χ4n) is 3.82. The van der Waals surface area contributed by atoms with Crippen molar-refractivity contribution in [1.82, 2.24) is 24.6 Å². The quantitative estimate of drug-likeness (QED) is 0.716. The van der Waals surface area contributed by atoms with E-state index in [1.54, 1.807) is 24.2 Å². The van der Waals surface area contributed by atoms with E-state index in [0.717, 1.165) is 41.0 Å². The lowest BCUT2D eigenvalue weighted by Crippen LogP contribution is -2.32. The molecule has 1 saturated heterocycles. The van der Waals surface area contributed by atoms with Crippen LogP contribution in [0.3, 0.4) is 0 Å². The monoisotopic (exact) mass is 392 g/mol. The number of rotatable bonds is 5. The number of benzene rings is 1. The van der Waals surface area contributed by atoms with Gasteiger partial charge in [-0.15, -0.1) is 0 Å². The van der Waals surface area contributed by atoms with Gasteiger partial charge in [0.25, 0.3) is 0 Å². The summed E-state index contributed by atoms with van der Waals surface area (Å²) in [7, 11) is 3.49. The molecule has 1 aliphatic heterocycles. The lowest BCUT2D eigenvalue weighted by atomic mass is 10.0. The van der Waals surface area contributed by atoms with E-state index in [1.807, 2.05) is 42.4 Å². The number of methoxy groups -OCH3 is 1. The Morgan fingerprint density at radius 1 is 1.28 bits per heavy atom. The van der Waals surface area contributed by atoms with Crippen molar-refractivity contribution in [3.8, 4) is 16.9 Å². The first-order valence-corrected chi connectivity index (χ1v) is 9.59. The fourth-order valence-corrected chi connectivity index (χ4v) is 3.82. The zero-order valence-electron chi connectivity index (χ0n) is 16.6.